The van der Waals surface area contributed by atoms with Crippen LogP contribution in [0.3, 0.4) is 0 Å². The zero-order valence-corrected chi connectivity index (χ0v) is 19.7. The minimum absolute atomic E-state index is 0.327. The number of rotatable bonds is 4. The van der Waals surface area contributed by atoms with Gasteiger partial charge in [-0.2, -0.15) is 9.40 Å². The molecule has 1 saturated heterocycles. The molecule has 4 rings (SSSR count). The van der Waals surface area contributed by atoms with Gasteiger partial charge in [0.05, 0.1) is 17.1 Å². The van der Waals surface area contributed by atoms with Crippen LogP contribution in [0, 0.1) is 34.6 Å². The van der Waals surface area contributed by atoms with Gasteiger partial charge in [0.2, 0.25) is 10.0 Å². The first-order chi connectivity index (χ1) is 14.7. The molecule has 0 bridgehead atoms. The van der Waals surface area contributed by atoms with Gasteiger partial charge in [0.1, 0.15) is 4.90 Å². The molecule has 1 aliphatic rings. The zero-order chi connectivity index (χ0) is 22.3. The third kappa shape index (κ3) is 3.88. The summed E-state index contributed by atoms with van der Waals surface area (Å²) in [6.07, 6.45) is 0. The van der Waals surface area contributed by atoms with Gasteiger partial charge in [-0.1, -0.05) is 29.8 Å². The van der Waals surface area contributed by atoms with E-state index in [2.05, 4.69) is 42.0 Å². The van der Waals surface area contributed by atoms with E-state index in [4.69, 9.17) is 0 Å². The molecule has 31 heavy (non-hydrogen) atoms. The van der Waals surface area contributed by atoms with Gasteiger partial charge in [-0.25, -0.2) is 13.1 Å². The van der Waals surface area contributed by atoms with E-state index >= 15 is 0 Å². The molecule has 6 nitrogen and oxygen atoms in total. The minimum Gasteiger partial charge on any atom is -0.369 e. The molecular weight excluding hydrogens is 408 g/mol. The van der Waals surface area contributed by atoms with Crippen molar-refractivity contribution in [2.24, 2.45) is 0 Å². The molecule has 3 aromatic rings. The first-order valence-electron chi connectivity index (χ1n) is 10.6. The van der Waals surface area contributed by atoms with Gasteiger partial charge in [0.25, 0.3) is 0 Å². The van der Waals surface area contributed by atoms with Crippen molar-refractivity contribution in [3.8, 4) is 5.69 Å². The Morgan fingerprint density at radius 1 is 0.839 bits per heavy atom. The first kappa shape index (κ1) is 21.6. The van der Waals surface area contributed by atoms with Crippen molar-refractivity contribution >= 4 is 15.7 Å². The Morgan fingerprint density at radius 3 is 2.13 bits per heavy atom. The van der Waals surface area contributed by atoms with Gasteiger partial charge in [-0.05, 0) is 63.9 Å². The van der Waals surface area contributed by atoms with Crippen molar-refractivity contribution < 1.29 is 8.42 Å². The summed E-state index contributed by atoms with van der Waals surface area (Å²) in [5, 5.41) is 4.56. The molecule has 164 valence electrons. The van der Waals surface area contributed by atoms with E-state index in [1.807, 2.05) is 38.1 Å². The molecule has 0 radical (unpaired) electrons. The topological polar surface area (TPSA) is 58.4 Å². The molecule has 0 spiro atoms. The van der Waals surface area contributed by atoms with Crippen molar-refractivity contribution in [3.63, 3.8) is 0 Å². The summed E-state index contributed by atoms with van der Waals surface area (Å²) in [6.45, 7) is 12.1. The fraction of sp³-hybridized carbons (Fsp3) is 0.375. The number of nitrogens with zero attached hydrogens (tertiary/aromatic N) is 4. The van der Waals surface area contributed by atoms with E-state index in [1.54, 1.807) is 15.9 Å². The molecule has 0 saturated carbocycles. The third-order valence-corrected chi connectivity index (χ3v) is 8.41. The van der Waals surface area contributed by atoms with Crippen LogP contribution in [0.2, 0.25) is 0 Å². The van der Waals surface area contributed by atoms with Crippen molar-refractivity contribution in [2.75, 3.05) is 31.1 Å². The highest BCUT2D eigenvalue weighted by molar-refractivity contribution is 7.89. The average molecular weight is 439 g/mol. The van der Waals surface area contributed by atoms with Gasteiger partial charge in [-0.15, -0.1) is 0 Å². The average Bonchev–Trinajstić information content (AvgIpc) is 3.05. The predicted molar refractivity (Wildman–Crippen MR) is 125 cm³/mol. The Labute approximate surface area is 185 Å². The van der Waals surface area contributed by atoms with Gasteiger partial charge < -0.3 is 4.90 Å². The number of hydrogen-bond donors (Lipinski definition) is 0. The number of anilines is 1. The lowest BCUT2D eigenvalue weighted by atomic mass is 10.1. The molecule has 1 fully saturated rings. The Hall–Kier alpha value is -2.64. The van der Waals surface area contributed by atoms with E-state index in [-0.39, 0.29) is 0 Å². The molecule has 0 unspecified atom stereocenters. The molecule has 7 heteroatoms. The fourth-order valence-electron chi connectivity index (χ4n) is 4.32. The summed E-state index contributed by atoms with van der Waals surface area (Å²) < 4.78 is 30.4. The standard InChI is InChI=1S/C24H30N4O2S/c1-17-9-11-22(12-10-17)28-21(5)24(20(4)25-28)31(29,30)27-15-13-26(14-16-27)23-8-6-7-18(2)19(23)3/h6-12H,13-16H2,1-5H3. The van der Waals surface area contributed by atoms with Gasteiger partial charge in [-0.3, -0.25) is 0 Å². The molecule has 0 amide bonds. The van der Waals surface area contributed by atoms with Crippen molar-refractivity contribution in [2.45, 2.75) is 39.5 Å². The van der Waals surface area contributed by atoms with E-state index in [0.29, 0.717) is 42.5 Å². The SMILES string of the molecule is Cc1ccc(-n2nc(C)c(S(=O)(=O)N3CCN(c4cccc(C)c4C)CC3)c2C)cc1. The summed E-state index contributed by atoms with van der Waals surface area (Å²) in [5.74, 6) is 0. The van der Waals surface area contributed by atoms with E-state index < -0.39 is 10.0 Å². The lowest BCUT2D eigenvalue weighted by molar-refractivity contribution is 0.384. The van der Waals surface area contributed by atoms with Gasteiger partial charge in [0.15, 0.2) is 0 Å². The molecule has 0 aliphatic carbocycles. The number of hydrogen-bond acceptors (Lipinski definition) is 4. The van der Waals surface area contributed by atoms with Crippen LogP contribution in [0.5, 0.6) is 0 Å². The minimum atomic E-state index is -3.62. The Kier molecular flexibility index (Phi) is 5.66. The number of sulfonamides is 1. The second kappa shape index (κ2) is 8.13. The monoisotopic (exact) mass is 438 g/mol. The smallest absolute Gasteiger partial charge is 0.246 e. The summed E-state index contributed by atoms with van der Waals surface area (Å²) >= 11 is 0. The van der Waals surface area contributed by atoms with Gasteiger partial charge in [0, 0.05) is 31.9 Å². The summed E-state index contributed by atoms with van der Waals surface area (Å²) in [5.41, 5.74) is 6.91. The van der Waals surface area contributed by atoms with E-state index in [0.717, 1.165) is 11.3 Å². The number of aromatic nitrogens is 2. The predicted octanol–water partition coefficient (Wildman–Crippen LogP) is 3.93. The van der Waals surface area contributed by atoms with Crippen LogP contribution in [-0.2, 0) is 10.0 Å². The molecule has 0 N–H and O–H groups in total. The summed E-state index contributed by atoms with van der Waals surface area (Å²) in [4.78, 5) is 2.61. The van der Waals surface area contributed by atoms with Crippen molar-refractivity contribution in [3.05, 3.63) is 70.5 Å². The second-order valence-electron chi connectivity index (χ2n) is 8.36. The largest absolute Gasteiger partial charge is 0.369 e. The number of piperazine rings is 1. The maximum Gasteiger partial charge on any atom is 0.246 e. The van der Waals surface area contributed by atoms with Crippen LogP contribution < -0.4 is 4.90 Å². The number of benzene rings is 2. The second-order valence-corrected chi connectivity index (χ2v) is 10.2. The molecule has 1 aromatic heterocycles. The molecule has 1 aliphatic heterocycles. The number of aryl methyl sites for hydroxylation is 3. The van der Waals surface area contributed by atoms with E-state index in [1.165, 1.54) is 16.8 Å². The first-order valence-corrected chi connectivity index (χ1v) is 12.1. The van der Waals surface area contributed by atoms with Crippen LogP contribution in [0.4, 0.5) is 5.69 Å². The fourth-order valence-corrected chi connectivity index (χ4v) is 6.09. The highest BCUT2D eigenvalue weighted by atomic mass is 32.2. The Morgan fingerprint density at radius 2 is 1.48 bits per heavy atom. The van der Waals surface area contributed by atoms with E-state index in [9.17, 15) is 8.42 Å². The normalized spacial score (nSPS) is 15.5. The maximum absolute atomic E-state index is 13.5. The van der Waals surface area contributed by atoms with Crippen LogP contribution >= 0.6 is 0 Å². The summed E-state index contributed by atoms with van der Waals surface area (Å²) in [6, 6.07) is 14.2. The summed E-state index contributed by atoms with van der Waals surface area (Å²) in [7, 11) is -3.62. The quantitative estimate of drug-likeness (QED) is 0.619. The van der Waals surface area contributed by atoms with Crippen LogP contribution in [0.1, 0.15) is 28.1 Å². The molecule has 2 aromatic carbocycles. The Bertz CT molecular complexity index is 1210. The molecular formula is C24H30N4O2S. The van der Waals surface area contributed by atoms with Crippen LogP contribution in [-0.4, -0.2) is 48.7 Å². The lowest BCUT2D eigenvalue weighted by Crippen LogP contribution is -2.49. The van der Waals surface area contributed by atoms with Crippen molar-refractivity contribution in [1.29, 1.82) is 0 Å². The highest BCUT2D eigenvalue weighted by Gasteiger charge is 2.33. The molecule has 0 atom stereocenters. The highest BCUT2D eigenvalue weighted by Crippen LogP contribution is 2.29. The third-order valence-electron chi connectivity index (χ3n) is 6.26. The Balaban J connectivity index is 1.59. The zero-order valence-electron chi connectivity index (χ0n) is 18.9. The van der Waals surface area contributed by atoms with Gasteiger partial charge >= 0.3 is 0 Å². The maximum atomic E-state index is 13.5. The van der Waals surface area contributed by atoms with Crippen LogP contribution in [0.15, 0.2) is 47.4 Å². The molecule has 2 heterocycles. The van der Waals surface area contributed by atoms with Crippen LogP contribution in [0.25, 0.3) is 5.69 Å². The lowest BCUT2D eigenvalue weighted by Gasteiger charge is -2.36. The van der Waals surface area contributed by atoms with Crippen molar-refractivity contribution in [1.82, 2.24) is 14.1 Å².